The first kappa shape index (κ1) is 13.2. The number of rotatable bonds is 5. The Kier molecular flexibility index (Phi) is 4.07. The van der Waals surface area contributed by atoms with Gasteiger partial charge in [-0.15, -0.1) is 0 Å². The molecule has 0 fully saturated rings. The quantitative estimate of drug-likeness (QED) is 0.729. The van der Waals surface area contributed by atoms with Gasteiger partial charge in [-0.05, 0) is 42.5 Å². The van der Waals surface area contributed by atoms with Crippen LogP contribution in [-0.4, -0.2) is 17.8 Å². The number of hydrogen-bond acceptors (Lipinski definition) is 1. The van der Waals surface area contributed by atoms with Crippen molar-refractivity contribution in [1.82, 2.24) is 4.57 Å². The standard InChI is InChI=1S/C16H23NO/c1-5-18-9-8-14-11-17(4)16-7-6-13(12(2)3)10-15(14)16/h6-7,10-12H,5,8-9H2,1-4H3. The van der Waals surface area contributed by atoms with Gasteiger partial charge in [0.2, 0.25) is 0 Å². The lowest BCUT2D eigenvalue weighted by Crippen LogP contribution is -1.97. The summed E-state index contributed by atoms with van der Waals surface area (Å²) in [6.07, 6.45) is 3.22. The largest absolute Gasteiger partial charge is 0.381 e. The van der Waals surface area contributed by atoms with Crippen LogP contribution < -0.4 is 0 Å². The van der Waals surface area contributed by atoms with Crippen molar-refractivity contribution in [3.63, 3.8) is 0 Å². The van der Waals surface area contributed by atoms with Crippen LogP contribution in [0.15, 0.2) is 24.4 Å². The second-order valence-electron chi connectivity index (χ2n) is 5.14. The maximum Gasteiger partial charge on any atom is 0.0507 e. The predicted molar refractivity (Wildman–Crippen MR) is 77.2 cm³/mol. The summed E-state index contributed by atoms with van der Waals surface area (Å²) in [6, 6.07) is 6.80. The van der Waals surface area contributed by atoms with Gasteiger partial charge in [-0.25, -0.2) is 0 Å². The molecule has 0 radical (unpaired) electrons. The molecule has 2 rings (SSSR count). The Morgan fingerprint density at radius 2 is 2.06 bits per heavy atom. The van der Waals surface area contributed by atoms with E-state index in [2.05, 4.69) is 49.9 Å². The van der Waals surface area contributed by atoms with Crippen LogP contribution in [-0.2, 0) is 18.2 Å². The average Bonchev–Trinajstić information content (AvgIpc) is 2.66. The third kappa shape index (κ3) is 2.59. The van der Waals surface area contributed by atoms with Crippen molar-refractivity contribution in [2.24, 2.45) is 7.05 Å². The van der Waals surface area contributed by atoms with Crippen LogP contribution in [0.5, 0.6) is 0 Å². The van der Waals surface area contributed by atoms with Gasteiger partial charge in [-0.2, -0.15) is 0 Å². The summed E-state index contributed by atoms with van der Waals surface area (Å²) in [6.45, 7) is 8.12. The maximum absolute atomic E-state index is 5.46. The van der Waals surface area contributed by atoms with E-state index in [1.165, 1.54) is 22.0 Å². The molecule has 1 aromatic heterocycles. The molecule has 0 unspecified atom stereocenters. The zero-order valence-electron chi connectivity index (χ0n) is 11.9. The highest BCUT2D eigenvalue weighted by molar-refractivity contribution is 5.84. The summed E-state index contributed by atoms with van der Waals surface area (Å²) in [7, 11) is 2.11. The summed E-state index contributed by atoms with van der Waals surface area (Å²) in [5.74, 6) is 0.578. The minimum Gasteiger partial charge on any atom is -0.381 e. The molecular formula is C16H23NO. The monoisotopic (exact) mass is 245 g/mol. The molecule has 1 heterocycles. The highest BCUT2D eigenvalue weighted by atomic mass is 16.5. The number of ether oxygens (including phenoxy) is 1. The molecule has 0 atom stereocenters. The van der Waals surface area contributed by atoms with Crippen LogP contribution in [0.3, 0.4) is 0 Å². The summed E-state index contributed by atoms with van der Waals surface area (Å²) >= 11 is 0. The van der Waals surface area contributed by atoms with Crippen molar-refractivity contribution in [2.75, 3.05) is 13.2 Å². The van der Waals surface area contributed by atoms with E-state index in [1.807, 2.05) is 6.92 Å². The normalized spacial score (nSPS) is 11.6. The lowest BCUT2D eigenvalue weighted by molar-refractivity contribution is 0.151. The molecule has 98 valence electrons. The Morgan fingerprint density at radius 1 is 1.28 bits per heavy atom. The highest BCUT2D eigenvalue weighted by Gasteiger charge is 2.08. The van der Waals surface area contributed by atoms with E-state index >= 15 is 0 Å². The summed E-state index contributed by atoms with van der Waals surface area (Å²) in [4.78, 5) is 0. The molecule has 0 aliphatic heterocycles. The van der Waals surface area contributed by atoms with E-state index in [1.54, 1.807) is 0 Å². The molecule has 2 nitrogen and oxygen atoms in total. The minimum atomic E-state index is 0.578. The molecule has 0 aliphatic rings. The first-order chi connectivity index (χ1) is 8.63. The molecule has 0 bridgehead atoms. The highest BCUT2D eigenvalue weighted by Crippen LogP contribution is 2.25. The van der Waals surface area contributed by atoms with Gasteiger partial charge >= 0.3 is 0 Å². The molecule has 1 aromatic carbocycles. The fourth-order valence-electron chi connectivity index (χ4n) is 2.38. The molecule has 2 aromatic rings. The molecule has 0 saturated heterocycles. The number of aryl methyl sites for hydroxylation is 1. The van der Waals surface area contributed by atoms with Crippen LogP contribution in [0, 0.1) is 0 Å². The van der Waals surface area contributed by atoms with E-state index < -0.39 is 0 Å². The lowest BCUT2D eigenvalue weighted by atomic mass is 10.00. The van der Waals surface area contributed by atoms with Gasteiger partial charge in [0.1, 0.15) is 0 Å². The molecule has 0 spiro atoms. The van der Waals surface area contributed by atoms with Gasteiger partial charge in [0, 0.05) is 30.8 Å². The third-order valence-corrected chi connectivity index (χ3v) is 3.48. The SMILES string of the molecule is CCOCCc1cn(C)c2ccc(C(C)C)cc12. The van der Waals surface area contributed by atoms with E-state index in [4.69, 9.17) is 4.74 Å². The number of hydrogen-bond donors (Lipinski definition) is 0. The maximum atomic E-state index is 5.46. The molecule has 0 saturated carbocycles. The van der Waals surface area contributed by atoms with Gasteiger partial charge in [-0.3, -0.25) is 0 Å². The van der Waals surface area contributed by atoms with Crippen LogP contribution in [0.4, 0.5) is 0 Å². The first-order valence-electron chi connectivity index (χ1n) is 6.79. The Balaban J connectivity index is 2.36. The van der Waals surface area contributed by atoms with Crippen LogP contribution in [0.25, 0.3) is 10.9 Å². The van der Waals surface area contributed by atoms with Gasteiger partial charge in [0.15, 0.2) is 0 Å². The van der Waals surface area contributed by atoms with Crippen LogP contribution in [0.1, 0.15) is 37.8 Å². The summed E-state index contributed by atoms with van der Waals surface area (Å²) < 4.78 is 7.67. The van der Waals surface area contributed by atoms with E-state index in [-0.39, 0.29) is 0 Å². The number of fused-ring (bicyclic) bond motifs is 1. The van der Waals surface area contributed by atoms with E-state index in [9.17, 15) is 0 Å². The Morgan fingerprint density at radius 3 is 2.72 bits per heavy atom. The van der Waals surface area contributed by atoms with Crippen molar-refractivity contribution in [2.45, 2.75) is 33.1 Å². The smallest absolute Gasteiger partial charge is 0.0507 e. The average molecular weight is 245 g/mol. The molecule has 18 heavy (non-hydrogen) atoms. The fourth-order valence-corrected chi connectivity index (χ4v) is 2.38. The topological polar surface area (TPSA) is 14.2 Å². The van der Waals surface area contributed by atoms with Gasteiger partial charge < -0.3 is 9.30 Å². The lowest BCUT2D eigenvalue weighted by Gasteiger charge is -2.06. The van der Waals surface area contributed by atoms with Crippen LogP contribution in [0.2, 0.25) is 0 Å². The van der Waals surface area contributed by atoms with Gasteiger partial charge in [0.05, 0.1) is 6.61 Å². The number of nitrogens with zero attached hydrogens (tertiary/aromatic N) is 1. The first-order valence-corrected chi connectivity index (χ1v) is 6.79. The van der Waals surface area contributed by atoms with Crippen molar-refractivity contribution in [3.8, 4) is 0 Å². The van der Waals surface area contributed by atoms with Crippen molar-refractivity contribution in [1.29, 1.82) is 0 Å². The molecule has 2 heteroatoms. The number of aromatic nitrogens is 1. The van der Waals surface area contributed by atoms with Crippen molar-refractivity contribution in [3.05, 3.63) is 35.5 Å². The molecular weight excluding hydrogens is 222 g/mol. The molecule has 0 aliphatic carbocycles. The predicted octanol–water partition coefficient (Wildman–Crippen LogP) is 3.88. The zero-order chi connectivity index (χ0) is 13.1. The summed E-state index contributed by atoms with van der Waals surface area (Å²) in [5.41, 5.74) is 4.11. The van der Waals surface area contributed by atoms with Gasteiger partial charge in [-0.1, -0.05) is 19.9 Å². The number of benzene rings is 1. The zero-order valence-corrected chi connectivity index (χ0v) is 11.9. The Labute approximate surface area is 110 Å². The molecule has 0 amide bonds. The fraction of sp³-hybridized carbons (Fsp3) is 0.500. The molecule has 0 N–H and O–H groups in total. The second-order valence-corrected chi connectivity index (χ2v) is 5.14. The Hall–Kier alpha value is -1.28. The summed E-state index contributed by atoms with van der Waals surface area (Å²) in [5, 5.41) is 1.38. The van der Waals surface area contributed by atoms with Crippen molar-refractivity contribution >= 4 is 10.9 Å². The third-order valence-electron chi connectivity index (χ3n) is 3.48. The van der Waals surface area contributed by atoms with Gasteiger partial charge in [0.25, 0.3) is 0 Å². The van der Waals surface area contributed by atoms with E-state index in [0.717, 1.165) is 19.6 Å². The minimum absolute atomic E-state index is 0.578. The van der Waals surface area contributed by atoms with Crippen molar-refractivity contribution < 1.29 is 4.74 Å². The second kappa shape index (κ2) is 5.57. The Bertz CT molecular complexity index is 525. The van der Waals surface area contributed by atoms with E-state index in [0.29, 0.717) is 5.92 Å². The van der Waals surface area contributed by atoms with Crippen LogP contribution >= 0.6 is 0 Å².